The van der Waals surface area contributed by atoms with Crippen LogP contribution in [0.2, 0.25) is 0 Å². The van der Waals surface area contributed by atoms with Crippen LogP contribution < -0.4 is 19.5 Å². The second kappa shape index (κ2) is 6.73. The molecule has 1 aromatic heterocycles. The lowest BCUT2D eigenvalue weighted by atomic mass is 9.58. The van der Waals surface area contributed by atoms with Crippen molar-refractivity contribution in [3.05, 3.63) is 77.6 Å². The summed E-state index contributed by atoms with van der Waals surface area (Å²) in [5.41, 5.74) is 1.93. The lowest BCUT2D eigenvalue weighted by Gasteiger charge is -2.50. The number of pyridine rings is 1. The molecule has 0 saturated carbocycles. The molecule has 6 rings (SSSR count). The van der Waals surface area contributed by atoms with Gasteiger partial charge in [0, 0.05) is 35.1 Å². The predicted molar refractivity (Wildman–Crippen MR) is 119 cm³/mol. The SMILES string of the molecule is CC1(C)Oc2cc3c(cc2[C@@]2(C(=O)Nc4ccccc42)C1Cc1ccccn1)OCCO3. The number of benzene rings is 2. The molecular weight excluding hydrogens is 404 g/mol. The Morgan fingerprint density at radius 3 is 2.50 bits per heavy atom. The van der Waals surface area contributed by atoms with E-state index in [9.17, 15) is 4.79 Å². The third kappa shape index (κ3) is 2.58. The molecule has 2 atom stereocenters. The number of fused-ring (bicyclic) bond motifs is 5. The summed E-state index contributed by atoms with van der Waals surface area (Å²) >= 11 is 0. The molecule has 0 fully saturated rings. The molecule has 4 heterocycles. The van der Waals surface area contributed by atoms with Gasteiger partial charge < -0.3 is 19.5 Å². The van der Waals surface area contributed by atoms with Crippen LogP contribution in [0.5, 0.6) is 17.2 Å². The first-order valence-corrected chi connectivity index (χ1v) is 10.9. The average Bonchev–Trinajstić information content (AvgIpc) is 3.08. The first kappa shape index (κ1) is 19.2. The molecule has 3 aliphatic rings. The van der Waals surface area contributed by atoms with Gasteiger partial charge in [-0.25, -0.2) is 0 Å². The second-order valence-electron chi connectivity index (χ2n) is 9.08. The molecule has 0 radical (unpaired) electrons. The van der Waals surface area contributed by atoms with E-state index in [0.29, 0.717) is 36.9 Å². The number of carbonyl (C=O) groups is 1. The number of ether oxygens (including phenoxy) is 3. The van der Waals surface area contributed by atoms with E-state index in [1.807, 2.05) is 54.6 Å². The largest absolute Gasteiger partial charge is 0.487 e. The van der Waals surface area contributed by atoms with Crippen LogP contribution in [0.15, 0.2) is 60.8 Å². The van der Waals surface area contributed by atoms with Crippen molar-refractivity contribution in [2.45, 2.75) is 31.3 Å². The topological polar surface area (TPSA) is 69.7 Å². The van der Waals surface area contributed by atoms with Crippen LogP contribution in [0.4, 0.5) is 5.69 Å². The quantitative estimate of drug-likeness (QED) is 0.665. The number of hydrogen-bond acceptors (Lipinski definition) is 5. The van der Waals surface area contributed by atoms with Crippen molar-refractivity contribution in [2.24, 2.45) is 5.92 Å². The zero-order valence-corrected chi connectivity index (χ0v) is 18.1. The van der Waals surface area contributed by atoms with Crippen LogP contribution in [0.1, 0.15) is 30.7 Å². The van der Waals surface area contributed by atoms with E-state index in [4.69, 9.17) is 14.2 Å². The van der Waals surface area contributed by atoms with Crippen LogP contribution in [-0.4, -0.2) is 29.7 Å². The van der Waals surface area contributed by atoms with Gasteiger partial charge in [-0.15, -0.1) is 0 Å². The number of nitrogens with zero attached hydrogens (tertiary/aromatic N) is 1. The number of nitrogens with one attached hydrogen (secondary N) is 1. The van der Waals surface area contributed by atoms with E-state index in [1.165, 1.54) is 0 Å². The standard InChI is InChI=1S/C26H24N2O4/c1-25(2)23(13-16-7-5-6-10-27-16)26(17-8-3-4-9-19(17)28-24(26)29)18-14-21-22(15-20(18)32-25)31-12-11-30-21/h3-10,14-15,23H,11-13H2,1-2H3,(H,28,29)/t23?,26-/m1/s1. The van der Waals surface area contributed by atoms with Crippen LogP contribution in [0.3, 0.4) is 0 Å². The molecule has 1 unspecified atom stereocenters. The molecule has 0 saturated heterocycles. The van der Waals surface area contributed by atoms with E-state index >= 15 is 0 Å². The van der Waals surface area contributed by atoms with Gasteiger partial charge >= 0.3 is 0 Å². The Kier molecular flexibility index (Phi) is 4.03. The molecular formula is C26H24N2O4. The highest BCUT2D eigenvalue weighted by Crippen LogP contribution is 2.59. The second-order valence-corrected chi connectivity index (χ2v) is 9.08. The summed E-state index contributed by atoms with van der Waals surface area (Å²) in [4.78, 5) is 18.5. The number of hydrogen-bond donors (Lipinski definition) is 1. The van der Waals surface area contributed by atoms with E-state index in [-0.39, 0.29) is 11.8 Å². The van der Waals surface area contributed by atoms with Gasteiger partial charge in [0.2, 0.25) is 5.91 Å². The molecule has 32 heavy (non-hydrogen) atoms. The summed E-state index contributed by atoms with van der Waals surface area (Å²) in [6.45, 7) is 5.07. The van der Waals surface area contributed by atoms with Crippen molar-refractivity contribution in [1.29, 1.82) is 0 Å². The zero-order valence-electron chi connectivity index (χ0n) is 18.1. The highest BCUT2D eigenvalue weighted by Gasteiger charge is 2.62. The summed E-state index contributed by atoms with van der Waals surface area (Å²) in [7, 11) is 0. The van der Waals surface area contributed by atoms with Crippen molar-refractivity contribution in [1.82, 2.24) is 4.98 Å². The highest BCUT2D eigenvalue weighted by molar-refractivity contribution is 6.10. The fourth-order valence-corrected chi connectivity index (χ4v) is 5.55. The molecule has 0 aliphatic carbocycles. The first-order valence-electron chi connectivity index (χ1n) is 10.9. The fourth-order valence-electron chi connectivity index (χ4n) is 5.55. The number of amides is 1. The predicted octanol–water partition coefficient (Wildman–Crippen LogP) is 4.12. The number of carbonyl (C=O) groups excluding carboxylic acids is 1. The van der Waals surface area contributed by atoms with Gasteiger partial charge in [-0.1, -0.05) is 24.3 Å². The Labute approximate surface area is 186 Å². The maximum atomic E-state index is 14.0. The Bertz CT molecular complexity index is 1220. The van der Waals surface area contributed by atoms with Gasteiger partial charge in [-0.05, 0) is 50.1 Å². The van der Waals surface area contributed by atoms with Gasteiger partial charge in [0.15, 0.2) is 11.5 Å². The Hall–Kier alpha value is -3.54. The van der Waals surface area contributed by atoms with Gasteiger partial charge in [0.1, 0.15) is 30.0 Å². The van der Waals surface area contributed by atoms with Gasteiger partial charge in [-0.2, -0.15) is 0 Å². The molecule has 1 amide bonds. The Balaban J connectivity index is 1.64. The molecule has 2 aromatic carbocycles. The minimum Gasteiger partial charge on any atom is -0.487 e. The number of rotatable bonds is 2. The third-order valence-corrected chi connectivity index (χ3v) is 6.90. The van der Waals surface area contributed by atoms with E-state index < -0.39 is 11.0 Å². The van der Waals surface area contributed by atoms with Crippen LogP contribution >= 0.6 is 0 Å². The summed E-state index contributed by atoms with van der Waals surface area (Å²) in [6, 6.07) is 17.6. The van der Waals surface area contributed by atoms with E-state index in [1.54, 1.807) is 6.20 Å². The molecule has 1 N–H and O–H groups in total. The maximum Gasteiger partial charge on any atom is 0.240 e. The molecule has 1 spiro atoms. The average molecular weight is 428 g/mol. The first-order chi connectivity index (χ1) is 15.5. The lowest BCUT2D eigenvalue weighted by molar-refractivity contribution is -0.126. The van der Waals surface area contributed by atoms with Crippen molar-refractivity contribution in [3.8, 4) is 17.2 Å². The van der Waals surface area contributed by atoms with Crippen LogP contribution in [-0.2, 0) is 16.6 Å². The lowest BCUT2D eigenvalue weighted by Crippen LogP contribution is -2.58. The number of aromatic nitrogens is 1. The Morgan fingerprint density at radius 2 is 1.72 bits per heavy atom. The van der Waals surface area contributed by atoms with Crippen molar-refractivity contribution in [2.75, 3.05) is 18.5 Å². The normalized spacial score (nSPS) is 24.3. The summed E-state index contributed by atoms with van der Waals surface area (Å²) in [5.74, 6) is 1.70. The summed E-state index contributed by atoms with van der Waals surface area (Å²) < 4.78 is 18.3. The van der Waals surface area contributed by atoms with Gasteiger partial charge in [-0.3, -0.25) is 9.78 Å². The molecule has 6 heteroatoms. The van der Waals surface area contributed by atoms with Crippen LogP contribution in [0, 0.1) is 5.92 Å². The van der Waals surface area contributed by atoms with Crippen molar-refractivity contribution < 1.29 is 19.0 Å². The smallest absolute Gasteiger partial charge is 0.240 e. The fraction of sp³-hybridized carbons (Fsp3) is 0.308. The number of anilines is 1. The van der Waals surface area contributed by atoms with E-state index in [0.717, 1.165) is 22.5 Å². The van der Waals surface area contributed by atoms with Gasteiger partial charge in [0.25, 0.3) is 0 Å². The molecule has 162 valence electrons. The summed E-state index contributed by atoms with van der Waals surface area (Å²) in [5, 5.41) is 3.15. The highest BCUT2D eigenvalue weighted by atomic mass is 16.6. The molecule has 0 bridgehead atoms. The minimum absolute atomic E-state index is 0.0473. The monoisotopic (exact) mass is 428 g/mol. The third-order valence-electron chi connectivity index (χ3n) is 6.90. The molecule has 3 aliphatic heterocycles. The summed E-state index contributed by atoms with van der Waals surface area (Å²) in [6.07, 6.45) is 2.38. The number of para-hydroxylation sites is 1. The molecule has 3 aromatic rings. The van der Waals surface area contributed by atoms with Crippen molar-refractivity contribution in [3.63, 3.8) is 0 Å². The zero-order chi connectivity index (χ0) is 21.9. The van der Waals surface area contributed by atoms with Crippen molar-refractivity contribution >= 4 is 11.6 Å². The molecule has 6 nitrogen and oxygen atoms in total. The maximum absolute atomic E-state index is 14.0. The van der Waals surface area contributed by atoms with E-state index in [2.05, 4.69) is 24.1 Å². The van der Waals surface area contributed by atoms with Crippen LogP contribution in [0.25, 0.3) is 0 Å². The van der Waals surface area contributed by atoms with Gasteiger partial charge in [0.05, 0.1) is 0 Å². The minimum atomic E-state index is -0.943. The Morgan fingerprint density at radius 1 is 0.969 bits per heavy atom.